The van der Waals surface area contributed by atoms with Crippen LogP contribution < -0.4 is 5.73 Å². The molecule has 1 rings (SSSR count). The smallest absolute Gasteiger partial charge is 0.150 e. The summed E-state index contributed by atoms with van der Waals surface area (Å²) in [6.45, 7) is 5.67. The minimum atomic E-state index is -0.482. The van der Waals surface area contributed by atoms with E-state index in [4.69, 9.17) is 5.73 Å². The molecule has 0 aliphatic heterocycles. The summed E-state index contributed by atoms with van der Waals surface area (Å²) in [6.07, 6.45) is 1.44. The van der Waals surface area contributed by atoms with Crippen LogP contribution in [0.25, 0.3) is 0 Å². The van der Waals surface area contributed by atoms with Crippen molar-refractivity contribution in [3.63, 3.8) is 0 Å². The van der Waals surface area contributed by atoms with E-state index in [1.807, 2.05) is 13.8 Å². The van der Waals surface area contributed by atoms with Crippen LogP contribution in [0, 0.1) is 18.7 Å². The average Bonchev–Trinajstić information content (AvgIpc) is 2.14. The van der Waals surface area contributed by atoms with Crippen molar-refractivity contribution >= 4 is 12.0 Å². The van der Waals surface area contributed by atoms with Crippen LogP contribution in [0.1, 0.15) is 35.3 Å². The van der Waals surface area contributed by atoms with Crippen LogP contribution >= 0.6 is 0 Å². The number of nitrogens with two attached hydrogens (primary N) is 1. The minimum Gasteiger partial charge on any atom is -0.396 e. The second-order valence-corrected chi connectivity index (χ2v) is 4.19. The van der Waals surface area contributed by atoms with Crippen LogP contribution in [0.3, 0.4) is 0 Å². The van der Waals surface area contributed by atoms with Gasteiger partial charge in [0.25, 0.3) is 0 Å². The van der Waals surface area contributed by atoms with Gasteiger partial charge in [-0.25, -0.2) is 4.39 Å². The highest BCUT2D eigenvalue weighted by atomic mass is 19.1. The first kappa shape index (κ1) is 11.7. The first-order valence-electron chi connectivity index (χ1n) is 5.00. The average molecular weight is 209 g/mol. The molecule has 0 unspecified atom stereocenters. The molecule has 82 valence electrons. The quantitative estimate of drug-likeness (QED) is 0.614. The van der Waals surface area contributed by atoms with Crippen LogP contribution in [-0.2, 0) is 6.42 Å². The molecule has 2 N–H and O–H groups in total. The zero-order valence-electron chi connectivity index (χ0n) is 9.30. The van der Waals surface area contributed by atoms with Crippen LogP contribution in [0.15, 0.2) is 6.07 Å². The summed E-state index contributed by atoms with van der Waals surface area (Å²) in [4.78, 5) is 10.9. The molecule has 0 heterocycles. The summed E-state index contributed by atoms with van der Waals surface area (Å²) in [7, 11) is 0. The predicted octanol–water partition coefficient (Wildman–Crippen LogP) is 2.73. The summed E-state index contributed by atoms with van der Waals surface area (Å²) < 4.78 is 13.4. The van der Waals surface area contributed by atoms with Gasteiger partial charge in [-0.1, -0.05) is 13.8 Å². The van der Waals surface area contributed by atoms with Crippen molar-refractivity contribution in [2.24, 2.45) is 5.92 Å². The maximum Gasteiger partial charge on any atom is 0.150 e. The molecular formula is C12H16FNO. The number of nitrogen functional groups attached to an aromatic ring is 1. The number of halogens is 1. The number of hydrogen-bond donors (Lipinski definition) is 1. The van der Waals surface area contributed by atoms with Crippen LogP contribution in [0.2, 0.25) is 0 Å². The van der Waals surface area contributed by atoms with Gasteiger partial charge in [0.15, 0.2) is 6.29 Å². The summed E-state index contributed by atoms with van der Waals surface area (Å²) in [6, 6.07) is 1.56. The highest BCUT2D eigenvalue weighted by Crippen LogP contribution is 2.24. The molecule has 0 saturated carbocycles. The highest BCUT2D eigenvalue weighted by molar-refractivity contribution is 5.81. The fourth-order valence-corrected chi connectivity index (χ4v) is 1.68. The monoisotopic (exact) mass is 209 g/mol. The summed E-state index contributed by atoms with van der Waals surface area (Å²) in [5, 5.41) is 0. The fourth-order valence-electron chi connectivity index (χ4n) is 1.68. The summed E-state index contributed by atoms with van der Waals surface area (Å²) in [5.41, 5.74) is 7.27. The SMILES string of the molecule is Cc1c(F)c(N)cc(CC(C)C)c1C=O. The molecule has 0 aromatic heterocycles. The maximum absolute atomic E-state index is 13.4. The van der Waals surface area contributed by atoms with E-state index < -0.39 is 5.82 Å². The second kappa shape index (κ2) is 4.43. The normalized spacial score (nSPS) is 10.7. The Morgan fingerprint density at radius 2 is 2.13 bits per heavy atom. The number of hydrogen-bond acceptors (Lipinski definition) is 2. The maximum atomic E-state index is 13.4. The molecule has 0 radical (unpaired) electrons. The number of carbonyl (C=O) groups excluding carboxylic acids is 1. The van der Waals surface area contributed by atoms with Crippen molar-refractivity contribution in [2.75, 3.05) is 5.73 Å². The van der Waals surface area contributed by atoms with Crippen molar-refractivity contribution in [1.29, 1.82) is 0 Å². The first-order valence-corrected chi connectivity index (χ1v) is 5.00. The van der Waals surface area contributed by atoms with Crippen molar-refractivity contribution in [3.05, 3.63) is 28.6 Å². The van der Waals surface area contributed by atoms with E-state index in [0.717, 1.165) is 12.0 Å². The van der Waals surface area contributed by atoms with Crippen molar-refractivity contribution < 1.29 is 9.18 Å². The molecule has 0 aliphatic carbocycles. The lowest BCUT2D eigenvalue weighted by Crippen LogP contribution is -2.06. The number of carbonyl (C=O) groups is 1. The molecule has 0 saturated heterocycles. The number of anilines is 1. The lowest BCUT2D eigenvalue weighted by Gasteiger charge is -2.12. The van der Waals surface area contributed by atoms with Crippen molar-refractivity contribution in [1.82, 2.24) is 0 Å². The Hall–Kier alpha value is -1.38. The van der Waals surface area contributed by atoms with Gasteiger partial charge in [0.1, 0.15) is 5.82 Å². The van der Waals surface area contributed by atoms with Gasteiger partial charge in [-0.15, -0.1) is 0 Å². The number of benzene rings is 1. The zero-order valence-corrected chi connectivity index (χ0v) is 9.30. The van der Waals surface area contributed by atoms with E-state index >= 15 is 0 Å². The van der Waals surface area contributed by atoms with E-state index in [2.05, 4.69) is 0 Å². The molecule has 3 heteroatoms. The molecule has 0 spiro atoms. The Balaban J connectivity index is 3.31. The lowest BCUT2D eigenvalue weighted by molar-refractivity contribution is 0.112. The topological polar surface area (TPSA) is 43.1 Å². The number of rotatable bonds is 3. The Morgan fingerprint density at radius 3 is 2.60 bits per heavy atom. The van der Waals surface area contributed by atoms with Gasteiger partial charge < -0.3 is 5.73 Å². The third kappa shape index (κ3) is 2.35. The standard InChI is InChI=1S/C12H16FNO/c1-7(2)4-9-5-11(14)12(13)8(3)10(9)6-15/h5-7H,4,14H2,1-3H3. The molecule has 0 bridgehead atoms. The third-order valence-corrected chi connectivity index (χ3v) is 2.41. The lowest BCUT2D eigenvalue weighted by atomic mass is 9.94. The molecule has 1 aromatic rings. The molecule has 0 fully saturated rings. The molecule has 2 nitrogen and oxygen atoms in total. The van der Waals surface area contributed by atoms with E-state index in [1.165, 1.54) is 0 Å². The van der Waals surface area contributed by atoms with Crippen molar-refractivity contribution in [3.8, 4) is 0 Å². The van der Waals surface area contributed by atoms with Crippen LogP contribution in [-0.4, -0.2) is 6.29 Å². The Labute approximate surface area is 89.3 Å². The predicted molar refractivity (Wildman–Crippen MR) is 59.5 cm³/mol. The molecule has 15 heavy (non-hydrogen) atoms. The minimum absolute atomic E-state index is 0.119. The summed E-state index contributed by atoms with van der Waals surface area (Å²) >= 11 is 0. The fraction of sp³-hybridized carbons (Fsp3) is 0.417. The second-order valence-electron chi connectivity index (χ2n) is 4.19. The van der Waals surface area contributed by atoms with E-state index in [1.54, 1.807) is 13.0 Å². The first-order chi connectivity index (χ1) is 6.97. The van der Waals surface area contributed by atoms with Crippen molar-refractivity contribution in [2.45, 2.75) is 27.2 Å². The van der Waals surface area contributed by atoms with Gasteiger partial charge >= 0.3 is 0 Å². The third-order valence-electron chi connectivity index (χ3n) is 2.41. The molecule has 0 amide bonds. The van der Waals surface area contributed by atoms with Crippen LogP contribution in [0.5, 0.6) is 0 Å². The van der Waals surface area contributed by atoms with Gasteiger partial charge in [-0.3, -0.25) is 4.79 Å². The summed E-state index contributed by atoms with van der Waals surface area (Å²) in [5.74, 6) is -0.0717. The molecule has 0 atom stereocenters. The van der Waals surface area contributed by atoms with Gasteiger partial charge in [-0.05, 0) is 36.5 Å². The van der Waals surface area contributed by atoms with Crippen LogP contribution in [0.4, 0.5) is 10.1 Å². The molecule has 1 aromatic carbocycles. The van der Waals surface area contributed by atoms with Gasteiger partial charge in [0.05, 0.1) is 5.69 Å². The highest BCUT2D eigenvalue weighted by Gasteiger charge is 2.13. The van der Waals surface area contributed by atoms with E-state index in [9.17, 15) is 9.18 Å². The van der Waals surface area contributed by atoms with Gasteiger partial charge in [-0.2, -0.15) is 0 Å². The van der Waals surface area contributed by atoms with E-state index in [0.29, 0.717) is 23.3 Å². The molecular weight excluding hydrogens is 193 g/mol. The number of aldehydes is 1. The Morgan fingerprint density at radius 1 is 1.53 bits per heavy atom. The molecule has 0 aliphatic rings. The Kier molecular flexibility index (Phi) is 3.45. The van der Waals surface area contributed by atoms with E-state index in [-0.39, 0.29) is 5.69 Å². The zero-order chi connectivity index (χ0) is 11.6. The Bertz CT molecular complexity index is 386. The largest absolute Gasteiger partial charge is 0.396 e. The van der Waals surface area contributed by atoms with Gasteiger partial charge in [0.2, 0.25) is 0 Å². The van der Waals surface area contributed by atoms with Gasteiger partial charge in [0, 0.05) is 5.56 Å².